The summed E-state index contributed by atoms with van der Waals surface area (Å²) in [5, 5.41) is 8.50. The van der Waals surface area contributed by atoms with Crippen LogP contribution in [0.2, 0.25) is 0 Å². The summed E-state index contributed by atoms with van der Waals surface area (Å²) in [6, 6.07) is 2.84. The number of Topliss-reactive ketones (excluding diaryl/α,β-unsaturated/α-hetero) is 1. The molecule has 1 heterocycles. The van der Waals surface area contributed by atoms with Gasteiger partial charge in [-0.05, 0) is 12.1 Å². The Bertz CT molecular complexity index is 411. The molecule has 0 aliphatic rings. The van der Waals surface area contributed by atoms with E-state index in [1.807, 2.05) is 0 Å². The number of carbonyl (C=O) groups is 2. The van der Waals surface area contributed by atoms with Crippen LogP contribution in [0.5, 0.6) is 0 Å². The van der Waals surface area contributed by atoms with Gasteiger partial charge in [0.15, 0.2) is 5.76 Å². The molecule has 0 unspecified atom stereocenters. The molecule has 0 aliphatic heterocycles. The standard InChI is InChI=1S/C12H16O5/c1-12(2,3)10(14)8-4-5-9(17-8)11(15)16-7-6-13/h4-5,13H,6-7H2,1-3H3. The number of aliphatic hydroxyl groups is 1. The number of carbonyl (C=O) groups excluding carboxylic acids is 2. The van der Waals surface area contributed by atoms with Crippen molar-refractivity contribution < 1.29 is 23.8 Å². The minimum Gasteiger partial charge on any atom is -0.457 e. The molecule has 94 valence electrons. The molecule has 1 aromatic heterocycles. The Balaban J connectivity index is 2.78. The molecule has 0 fully saturated rings. The van der Waals surface area contributed by atoms with E-state index in [2.05, 4.69) is 4.74 Å². The van der Waals surface area contributed by atoms with E-state index in [1.54, 1.807) is 20.8 Å². The van der Waals surface area contributed by atoms with E-state index >= 15 is 0 Å². The minimum atomic E-state index is -0.688. The molecule has 5 nitrogen and oxygen atoms in total. The predicted octanol–water partition coefficient (Wildman–Crippen LogP) is 1.66. The van der Waals surface area contributed by atoms with Gasteiger partial charge in [0.2, 0.25) is 11.5 Å². The molecule has 1 N–H and O–H groups in total. The van der Waals surface area contributed by atoms with Gasteiger partial charge in [0.05, 0.1) is 6.61 Å². The van der Waals surface area contributed by atoms with Gasteiger partial charge in [-0.2, -0.15) is 0 Å². The van der Waals surface area contributed by atoms with Gasteiger partial charge in [-0.25, -0.2) is 4.79 Å². The Morgan fingerprint density at radius 1 is 1.29 bits per heavy atom. The van der Waals surface area contributed by atoms with Gasteiger partial charge < -0.3 is 14.3 Å². The van der Waals surface area contributed by atoms with E-state index < -0.39 is 11.4 Å². The van der Waals surface area contributed by atoms with Gasteiger partial charge in [-0.15, -0.1) is 0 Å². The summed E-state index contributed by atoms with van der Waals surface area (Å²) >= 11 is 0. The van der Waals surface area contributed by atoms with Crippen LogP contribution in [0, 0.1) is 5.41 Å². The SMILES string of the molecule is CC(C)(C)C(=O)c1ccc(C(=O)OCCO)o1. The Kier molecular flexibility index (Phi) is 4.07. The molecule has 0 saturated heterocycles. The van der Waals surface area contributed by atoms with Crippen LogP contribution in [0.25, 0.3) is 0 Å². The molecule has 1 aromatic rings. The van der Waals surface area contributed by atoms with Crippen LogP contribution in [0.4, 0.5) is 0 Å². The van der Waals surface area contributed by atoms with E-state index in [-0.39, 0.29) is 30.5 Å². The molecule has 5 heteroatoms. The monoisotopic (exact) mass is 240 g/mol. The van der Waals surface area contributed by atoms with Crippen molar-refractivity contribution in [2.45, 2.75) is 20.8 Å². The average Bonchev–Trinajstić information content (AvgIpc) is 2.72. The summed E-state index contributed by atoms with van der Waals surface area (Å²) in [6.45, 7) is 4.95. The zero-order chi connectivity index (χ0) is 13.1. The first-order chi connectivity index (χ1) is 7.86. The number of rotatable bonds is 4. The molecule has 0 amide bonds. The van der Waals surface area contributed by atoms with Gasteiger partial charge in [0.1, 0.15) is 6.61 Å². The Labute approximate surface area is 99.4 Å². The number of hydrogen-bond acceptors (Lipinski definition) is 5. The van der Waals surface area contributed by atoms with Crippen molar-refractivity contribution in [3.8, 4) is 0 Å². The van der Waals surface area contributed by atoms with Crippen LogP contribution in [0.1, 0.15) is 41.9 Å². The van der Waals surface area contributed by atoms with Crippen molar-refractivity contribution in [3.63, 3.8) is 0 Å². The van der Waals surface area contributed by atoms with Crippen LogP contribution in [0.3, 0.4) is 0 Å². The summed E-state index contributed by atoms with van der Waals surface area (Å²) < 4.78 is 9.79. The fraction of sp³-hybridized carbons (Fsp3) is 0.500. The van der Waals surface area contributed by atoms with Crippen molar-refractivity contribution in [2.75, 3.05) is 13.2 Å². The zero-order valence-electron chi connectivity index (χ0n) is 10.1. The van der Waals surface area contributed by atoms with Gasteiger partial charge in [0, 0.05) is 5.41 Å². The average molecular weight is 240 g/mol. The second-order valence-corrected chi connectivity index (χ2v) is 4.60. The molecule has 1 rings (SSSR count). The maximum Gasteiger partial charge on any atom is 0.374 e. The van der Waals surface area contributed by atoms with Crippen molar-refractivity contribution >= 4 is 11.8 Å². The van der Waals surface area contributed by atoms with Crippen LogP contribution in [0.15, 0.2) is 16.5 Å². The first-order valence-electron chi connectivity index (χ1n) is 5.29. The van der Waals surface area contributed by atoms with Crippen LogP contribution < -0.4 is 0 Å². The highest BCUT2D eigenvalue weighted by Gasteiger charge is 2.26. The summed E-state index contributed by atoms with van der Waals surface area (Å²) in [6.07, 6.45) is 0. The second-order valence-electron chi connectivity index (χ2n) is 4.60. The normalized spacial score (nSPS) is 11.3. The first kappa shape index (κ1) is 13.4. The fourth-order valence-electron chi connectivity index (χ4n) is 1.15. The van der Waals surface area contributed by atoms with Gasteiger partial charge in [-0.1, -0.05) is 20.8 Å². The fourth-order valence-corrected chi connectivity index (χ4v) is 1.15. The topological polar surface area (TPSA) is 76.7 Å². The lowest BCUT2D eigenvalue weighted by atomic mass is 9.89. The number of aliphatic hydroxyl groups excluding tert-OH is 1. The molecular weight excluding hydrogens is 224 g/mol. The zero-order valence-corrected chi connectivity index (χ0v) is 10.1. The Hall–Kier alpha value is -1.62. The smallest absolute Gasteiger partial charge is 0.374 e. The maximum atomic E-state index is 11.8. The second kappa shape index (κ2) is 5.14. The van der Waals surface area contributed by atoms with Crippen molar-refractivity contribution in [2.24, 2.45) is 5.41 Å². The summed E-state index contributed by atoms with van der Waals surface area (Å²) in [4.78, 5) is 23.2. The van der Waals surface area contributed by atoms with E-state index in [1.165, 1.54) is 12.1 Å². The number of hydrogen-bond donors (Lipinski definition) is 1. The highest BCUT2D eigenvalue weighted by Crippen LogP contribution is 2.22. The summed E-state index contributed by atoms with van der Waals surface area (Å²) in [5.41, 5.74) is -0.565. The molecular formula is C12H16O5. The Morgan fingerprint density at radius 3 is 2.41 bits per heavy atom. The molecule has 0 atom stereocenters. The number of esters is 1. The third kappa shape index (κ3) is 3.42. The van der Waals surface area contributed by atoms with Gasteiger partial charge in [0.25, 0.3) is 0 Å². The predicted molar refractivity (Wildman–Crippen MR) is 59.9 cm³/mol. The summed E-state index contributed by atoms with van der Waals surface area (Å²) in [7, 11) is 0. The van der Waals surface area contributed by atoms with Gasteiger partial charge >= 0.3 is 5.97 Å². The van der Waals surface area contributed by atoms with Gasteiger partial charge in [-0.3, -0.25) is 4.79 Å². The minimum absolute atomic E-state index is 0.0361. The third-order valence-corrected chi connectivity index (χ3v) is 2.04. The van der Waals surface area contributed by atoms with Crippen molar-refractivity contribution in [1.29, 1.82) is 0 Å². The van der Waals surface area contributed by atoms with Crippen LogP contribution >= 0.6 is 0 Å². The maximum absolute atomic E-state index is 11.8. The van der Waals surface area contributed by atoms with Crippen molar-refractivity contribution in [3.05, 3.63) is 23.7 Å². The third-order valence-electron chi connectivity index (χ3n) is 2.04. The molecule has 0 radical (unpaired) electrons. The van der Waals surface area contributed by atoms with E-state index in [0.29, 0.717) is 0 Å². The highest BCUT2D eigenvalue weighted by molar-refractivity contribution is 5.98. The molecule has 0 aliphatic carbocycles. The highest BCUT2D eigenvalue weighted by atomic mass is 16.6. The van der Waals surface area contributed by atoms with Crippen LogP contribution in [-0.4, -0.2) is 30.1 Å². The van der Waals surface area contributed by atoms with Crippen molar-refractivity contribution in [1.82, 2.24) is 0 Å². The molecule has 0 saturated carbocycles. The first-order valence-corrected chi connectivity index (χ1v) is 5.29. The largest absolute Gasteiger partial charge is 0.457 e. The summed E-state index contributed by atoms with van der Waals surface area (Å²) in [5.74, 6) is -0.773. The van der Waals surface area contributed by atoms with E-state index in [9.17, 15) is 9.59 Å². The molecule has 0 aromatic carbocycles. The van der Waals surface area contributed by atoms with E-state index in [0.717, 1.165) is 0 Å². The number of furan rings is 1. The number of ketones is 1. The lowest BCUT2D eigenvalue weighted by Crippen LogP contribution is -2.19. The quantitative estimate of drug-likeness (QED) is 0.639. The lowest BCUT2D eigenvalue weighted by molar-refractivity contribution is 0.0396. The number of ether oxygens (including phenoxy) is 1. The Morgan fingerprint density at radius 2 is 1.88 bits per heavy atom. The lowest BCUT2D eigenvalue weighted by Gasteiger charge is -2.13. The molecule has 0 spiro atoms. The molecule has 17 heavy (non-hydrogen) atoms. The van der Waals surface area contributed by atoms with Crippen LogP contribution in [-0.2, 0) is 4.74 Å². The molecule has 0 bridgehead atoms. The van der Waals surface area contributed by atoms with E-state index in [4.69, 9.17) is 9.52 Å².